The SMILES string of the molecule is O=C(NS(=O)(=O)c1ccc2ccccc2c1)c1ccc(-c2ccc(OC3CCCC3)cc2)cc1. The van der Waals surface area contributed by atoms with E-state index in [4.69, 9.17) is 4.74 Å². The minimum atomic E-state index is -3.99. The number of amides is 1. The quantitative estimate of drug-likeness (QED) is 0.377. The first-order valence-corrected chi connectivity index (χ1v) is 12.9. The number of fused-ring (bicyclic) bond motifs is 1. The second kappa shape index (κ2) is 9.31. The molecule has 4 aromatic rings. The Morgan fingerprint density at radius 2 is 1.38 bits per heavy atom. The summed E-state index contributed by atoms with van der Waals surface area (Å²) in [7, 11) is -3.99. The summed E-state index contributed by atoms with van der Waals surface area (Å²) < 4.78 is 33.7. The number of ether oxygens (including phenoxy) is 1. The maximum atomic E-state index is 12.8. The van der Waals surface area contributed by atoms with Gasteiger partial charge in [-0.25, -0.2) is 13.1 Å². The molecule has 172 valence electrons. The first kappa shape index (κ1) is 22.2. The van der Waals surface area contributed by atoms with E-state index in [1.54, 1.807) is 24.3 Å². The fraction of sp³-hybridized carbons (Fsp3) is 0.179. The lowest BCUT2D eigenvalue weighted by atomic mass is 10.0. The molecule has 5 nitrogen and oxygen atoms in total. The van der Waals surface area contributed by atoms with E-state index in [2.05, 4.69) is 4.72 Å². The van der Waals surface area contributed by atoms with Gasteiger partial charge in [0.1, 0.15) is 5.75 Å². The van der Waals surface area contributed by atoms with E-state index in [0.717, 1.165) is 40.5 Å². The minimum absolute atomic E-state index is 0.0519. The molecule has 0 radical (unpaired) electrons. The number of nitrogens with one attached hydrogen (secondary N) is 1. The van der Waals surface area contributed by atoms with Crippen LogP contribution in [-0.2, 0) is 10.0 Å². The highest BCUT2D eigenvalue weighted by Crippen LogP contribution is 2.27. The fourth-order valence-corrected chi connectivity index (χ4v) is 5.32. The van der Waals surface area contributed by atoms with Crippen LogP contribution in [0.25, 0.3) is 21.9 Å². The van der Waals surface area contributed by atoms with Gasteiger partial charge in [0.2, 0.25) is 0 Å². The third kappa shape index (κ3) is 4.82. The van der Waals surface area contributed by atoms with Crippen molar-refractivity contribution < 1.29 is 17.9 Å². The van der Waals surface area contributed by atoms with Gasteiger partial charge in [0.25, 0.3) is 15.9 Å². The van der Waals surface area contributed by atoms with Crippen molar-refractivity contribution in [3.8, 4) is 16.9 Å². The molecule has 4 aromatic carbocycles. The Labute approximate surface area is 199 Å². The van der Waals surface area contributed by atoms with Crippen LogP contribution in [0.2, 0.25) is 0 Å². The molecule has 1 aliphatic carbocycles. The number of sulfonamides is 1. The Bertz CT molecular complexity index is 1420. The van der Waals surface area contributed by atoms with Crippen molar-refractivity contribution in [3.05, 3.63) is 96.6 Å². The van der Waals surface area contributed by atoms with Crippen molar-refractivity contribution in [2.24, 2.45) is 0 Å². The summed E-state index contributed by atoms with van der Waals surface area (Å²) in [4.78, 5) is 12.7. The van der Waals surface area contributed by atoms with Gasteiger partial charge in [-0.3, -0.25) is 4.79 Å². The normalized spacial score (nSPS) is 14.2. The van der Waals surface area contributed by atoms with Gasteiger partial charge < -0.3 is 4.74 Å². The van der Waals surface area contributed by atoms with E-state index in [0.29, 0.717) is 6.10 Å². The van der Waals surface area contributed by atoms with Gasteiger partial charge in [-0.1, -0.05) is 54.6 Å². The van der Waals surface area contributed by atoms with Crippen LogP contribution in [-0.4, -0.2) is 20.4 Å². The van der Waals surface area contributed by atoms with Crippen LogP contribution >= 0.6 is 0 Å². The highest BCUT2D eigenvalue weighted by atomic mass is 32.2. The van der Waals surface area contributed by atoms with Crippen LogP contribution in [0.15, 0.2) is 95.9 Å². The average molecular weight is 472 g/mol. The van der Waals surface area contributed by atoms with Gasteiger partial charge in [-0.2, -0.15) is 0 Å². The Balaban J connectivity index is 1.27. The Morgan fingerprint density at radius 1 is 0.765 bits per heavy atom. The summed E-state index contributed by atoms with van der Waals surface area (Å²) in [6, 6.07) is 27.0. The Hall–Kier alpha value is -3.64. The molecule has 0 heterocycles. The predicted octanol–water partition coefficient (Wildman–Crippen LogP) is 5.95. The van der Waals surface area contributed by atoms with Crippen LogP contribution in [0.3, 0.4) is 0 Å². The predicted molar refractivity (Wildman–Crippen MR) is 133 cm³/mol. The van der Waals surface area contributed by atoms with E-state index in [9.17, 15) is 13.2 Å². The molecule has 1 saturated carbocycles. The lowest BCUT2D eigenvalue weighted by molar-refractivity contribution is 0.0981. The molecule has 0 atom stereocenters. The van der Waals surface area contributed by atoms with E-state index < -0.39 is 15.9 Å². The molecule has 5 rings (SSSR count). The molecule has 0 bridgehead atoms. The molecule has 0 aliphatic heterocycles. The third-order valence-electron chi connectivity index (χ3n) is 6.20. The molecule has 1 fully saturated rings. The van der Waals surface area contributed by atoms with Crippen LogP contribution in [0.5, 0.6) is 5.75 Å². The van der Waals surface area contributed by atoms with Gasteiger partial charge in [-0.05, 0) is 84.0 Å². The van der Waals surface area contributed by atoms with Crippen LogP contribution in [0.4, 0.5) is 0 Å². The monoisotopic (exact) mass is 471 g/mol. The molecule has 6 heteroatoms. The first-order chi connectivity index (χ1) is 16.5. The second-order valence-electron chi connectivity index (χ2n) is 8.57. The minimum Gasteiger partial charge on any atom is -0.490 e. The molecule has 0 spiro atoms. The summed E-state index contributed by atoms with van der Waals surface area (Å²) in [6.07, 6.45) is 5.00. The number of carbonyl (C=O) groups excluding carboxylic acids is 1. The fourth-order valence-electron chi connectivity index (χ4n) is 4.31. The number of hydrogen-bond acceptors (Lipinski definition) is 4. The number of carbonyl (C=O) groups is 1. The van der Waals surface area contributed by atoms with E-state index in [1.807, 2.05) is 60.7 Å². The van der Waals surface area contributed by atoms with E-state index >= 15 is 0 Å². The van der Waals surface area contributed by atoms with Gasteiger partial charge in [0, 0.05) is 5.56 Å². The molecule has 0 aromatic heterocycles. The van der Waals surface area contributed by atoms with Gasteiger partial charge in [0.15, 0.2) is 0 Å². The highest BCUT2D eigenvalue weighted by molar-refractivity contribution is 7.90. The Kier molecular flexibility index (Phi) is 6.07. The summed E-state index contributed by atoms with van der Waals surface area (Å²) in [6.45, 7) is 0. The molecule has 1 aliphatic rings. The summed E-state index contributed by atoms with van der Waals surface area (Å²) in [5.41, 5.74) is 2.20. The number of benzene rings is 4. The van der Waals surface area contributed by atoms with Crippen molar-refractivity contribution in [3.63, 3.8) is 0 Å². The van der Waals surface area contributed by atoms with E-state index in [-0.39, 0.29) is 10.5 Å². The van der Waals surface area contributed by atoms with Crippen molar-refractivity contribution in [2.75, 3.05) is 0 Å². The topological polar surface area (TPSA) is 72.5 Å². The molecule has 1 amide bonds. The lowest BCUT2D eigenvalue weighted by Crippen LogP contribution is -2.30. The molecule has 1 N–H and O–H groups in total. The van der Waals surface area contributed by atoms with Crippen molar-refractivity contribution >= 4 is 26.7 Å². The maximum Gasteiger partial charge on any atom is 0.264 e. The van der Waals surface area contributed by atoms with Gasteiger partial charge in [0.05, 0.1) is 11.0 Å². The van der Waals surface area contributed by atoms with Gasteiger partial charge in [-0.15, -0.1) is 0 Å². The summed E-state index contributed by atoms with van der Waals surface area (Å²) in [5, 5.41) is 1.73. The zero-order chi connectivity index (χ0) is 23.5. The number of hydrogen-bond donors (Lipinski definition) is 1. The lowest BCUT2D eigenvalue weighted by Gasteiger charge is -2.13. The van der Waals surface area contributed by atoms with Crippen LogP contribution < -0.4 is 9.46 Å². The second-order valence-corrected chi connectivity index (χ2v) is 10.3. The van der Waals surface area contributed by atoms with Crippen molar-refractivity contribution in [2.45, 2.75) is 36.7 Å². The highest BCUT2D eigenvalue weighted by Gasteiger charge is 2.19. The first-order valence-electron chi connectivity index (χ1n) is 11.4. The maximum absolute atomic E-state index is 12.8. The summed E-state index contributed by atoms with van der Waals surface area (Å²) >= 11 is 0. The molecule has 34 heavy (non-hydrogen) atoms. The standard InChI is InChI=1S/C28H25NO4S/c30-28(29-34(31,32)27-18-15-20-5-1-2-6-24(20)19-27)23-11-9-21(10-12-23)22-13-16-26(17-14-22)33-25-7-3-4-8-25/h1-2,5-6,9-19,25H,3-4,7-8H2,(H,29,30). The Morgan fingerprint density at radius 3 is 2.06 bits per heavy atom. The van der Waals surface area contributed by atoms with Crippen LogP contribution in [0, 0.1) is 0 Å². The summed E-state index contributed by atoms with van der Waals surface area (Å²) in [5.74, 6) is 0.200. The zero-order valence-electron chi connectivity index (χ0n) is 18.6. The largest absolute Gasteiger partial charge is 0.490 e. The smallest absolute Gasteiger partial charge is 0.264 e. The molecule has 0 saturated heterocycles. The zero-order valence-corrected chi connectivity index (χ0v) is 19.4. The number of rotatable bonds is 6. The van der Waals surface area contributed by atoms with Crippen molar-refractivity contribution in [1.82, 2.24) is 4.72 Å². The molecular formula is C28H25NO4S. The van der Waals surface area contributed by atoms with Crippen LogP contribution in [0.1, 0.15) is 36.0 Å². The average Bonchev–Trinajstić information content (AvgIpc) is 3.37. The molecular weight excluding hydrogens is 446 g/mol. The van der Waals surface area contributed by atoms with Crippen molar-refractivity contribution in [1.29, 1.82) is 0 Å². The molecule has 0 unspecified atom stereocenters. The third-order valence-corrected chi connectivity index (χ3v) is 7.53. The van der Waals surface area contributed by atoms with Gasteiger partial charge >= 0.3 is 0 Å². The van der Waals surface area contributed by atoms with E-state index in [1.165, 1.54) is 18.9 Å².